The number of carbonyl (C=O) groups is 1. The Kier molecular flexibility index (Phi) is 6.30. The van der Waals surface area contributed by atoms with Crippen LogP contribution in [0.4, 0.5) is 0 Å². The van der Waals surface area contributed by atoms with Crippen molar-refractivity contribution in [1.29, 1.82) is 5.26 Å². The summed E-state index contributed by atoms with van der Waals surface area (Å²) >= 11 is 0. The number of rotatable bonds is 6. The minimum absolute atomic E-state index is 0.00190. The van der Waals surface area contributed by atoms with Crippen molar-refractivity contribution in [3.05, 3.63) is 12.7 Å². The van der Waals surface area contributed by atoms with Crippen molar-refractivity contribution in [2.24, 2.45) is 0 Å². The van der Waals surface area contributed by atoms with Gasteiger partial charge in [0.1, 0.15) is 6.04 Å². The van der Waals surface area contributed by atoms with Crippen LogP contribution in [-0.4, -0.2) is 49.8 Å². The van der Waals surface area contributed by atoms with Gasteiger partial charge in [-0.1, -0.05) is 6.08 Å². The molecule has 5 heteroatoms. The summed E-state index contributed by atoms with van der Waals surface area (Å²) < 4.78 is 10.4. The first-order chi connectivity index (χ1) is 8.29. The average molecular weight is 238 g/mol. The van der Waals surface area contributed by atoms with Gasteiger partial charge in [0.2, 0.25) is 5.91 Å². The van der Waals surface area contributed by atoms with E-state index in [1.54, 1.807) is 11.0 Å². The summed E-state index contributed by atoms with van der Waals surface area (Å²) in [6.45, 7) is 5.92. The molecule has 0 aromatic heterocycles. The van der Waals surface area contributed by atoms with Crippen molar-refractivity contribution in [3.63, 3.8) is 0 Å². The molecular formula is C12H18N2O3. The molecule has 0 aromatic carbocycles. The standard InChI is InChI=1S/C12H18N2O3/c1-2-6-16-7-3-4-12(15)14-5-8-17-10-11(14)9-13/h2,11H,1,3-8,10H2/t11-/m0/s1. The average Bonchev–Trinajstić information content (AvgIpc) is 2.38. The molecule has 1 amide bonds. The minimum Gasteiger partial charge on any atom is -0.377 e. The lowest BCUT2D eigenvalue weighted by molar-refractivity contribution is -0.138. The van der Waals surface area contributed by atoms with Crippen LogP contribution in [0.1, 0.15) is 12.8 Å². The maximum absolute atomic E-state index is 11.8. The highest BCUT2D eigenvalue weighted by atomic mass is 16.5. The van der Waals surface area contributed by atoms with Gasteiger partial charge in [0.15, 0.2) is 0 Å². The van der Waals surface area contributed by atoms with E-state index in [1.165, 1.54) is 0 Å². The van der Waals surface area contributed by atoms with Crippen molar-refractivity contribution in [3.8, 4) is 6.07 Å². The lowest BCUT2D eigenvalue weighted by Crippen LogP contribution is -2.47. The van der Waals surface area contributed by atoms with E-state index in [-0.39, 0.29) is 5.91 Å². The molecule has 1 saturated heterocycles. The zero-order valence-electron chi connectivity index (χ0n) is 9.93. The molecule has 5 nitrogen and oxygen atoms in total. The minimum atomic E-state index is -0.439. The summed E-state index contributed by atoms with van der Waals surface area (Å²) in [5, 5.41) is 8.89. The summed E-state index contributed by atoms with van der Waals surface area (Å²) in [5.41, 5.74) is 0. The van der Waals surface area contributed by atoms with Gasteiger partial charge in [-0.2, -0.15) is 5.26 Å². The predicted molar refractivity (Wildman–Crippen MR) is 62.2 cm³/mol. The number of ether oxygens (including phenoxy) is 2. The van der Waals surface area contributed by atoms with E-state index in [9.17, 15) is 4.79 Å². The number of carbonyl (C=O) groups excluding carboxylic acids is 1. The zero-order valence-corrected chi connectivity index (χ0v) is 9.93. The second kappa shape index (κ2) is 7.82. The van der Waals surface area contributed by atoms with Gasteiger partial charge in [0.25, 0.3) is 0 Å². The van der Waals surface area contributed by atoms with Gasteiger partial charge < -0.3 is 14.4 Å². The van der Waals surface area contributed by atoms with Crippen LogP contribution < -0.4 is 0 Å². The van der Waals surface area contributed by atoms with Gasteiger partial charge in [-0.15, -0.1) is 6.58 Å². The number of nitrogens with zero attached hydrogens (tertiary/aromatic N) is 2. The number of morpholine rings is 1. The second-order valence-corrected chi connectivity index (χ2v) is 3.77. The number of hydrogen-bond acceptors (Lipinski definition) is 4. The second-order valence-electron chi connectivity index (χ2n) is 3.77. The molecule has 1 aliphatic heterocycles. The van der Waals surface area contributed by atoms with Crippen LogP contribution in [0.3, 0.4) is 0 Å². The molecule has 0 unspecified atom stereocenters. The van der Waals surface area contributed by atoms with E-state index >= 15 is 0 Å². The molecule has 17 heavy (non-hydrogen) atoms. The lowest BCUT2D eigenvalue weighted by Gasteiger charge is -2.31. The third kappa shape index (κ3) is 4.55. The monoisotopic (exact) mass is 238 g/mol. The SMILES string of the molecule is C=CCOCCCC(=O)N1CCOC[C@@H]1C#N. The fourth-order valence-corrected chi connectivity index (χ4v) is 1.64. The fraction of sp³-hybridized carbons (Fsp3) is 0.667. The predicted octanol–water partition coefficient (Wildman–Crippen LogP) is 0.720. The number of hydrogen-bond donors (Lipinski definition) is 0. The molecule has 1 atom stereocenters. The first-order valence-corrected chi connectivity index (χ1v) is 5.75. The molecule has 0 aliphatic carbocycles. The molecule has 0 radical (unpaired) electrons. The van der Waals surface area contributed by atoms with E-state index in [1.807, 2.05) is 0 Å². The Morgan fingerprint density at radius 2 is 2.53 bits per heavy atom. The Balaban J connectivity index is 2.26. The molecule has 0 spiro atoms. The highest BCUT2D eigenvalue weighted by Crippen LogP contribution is 2.09. The Morgan fingerprint density at radius 1 is 1.71 bits per heavy atom. The number of nitriles is 1. The molecular weight excluding hydrogens is 220 g/mol. The normalized spacial score (nSPS) is 19.7. The maximum atomic E-state index is 11.8. The van der Waals surface area contributed by atoms with Crippen molar-refractivity contribution < 1.29 is 14.3 Å². The molecule has 94 valence electrons. The van der Waals surface area contributed by atoms with Crippen LogP contribution in [0.25, 0.3) is 0 Å². The van der Waals surface area contributed by atoms with Crippen molar-refractivity contribution in [1.82, 2.24) is 4.90 Å². The molecule has 1 fully saturated rings. The van der Waals surface area contributed by atoms with E-state index in [0.717, 1.165) is 0 Å². The topological polar surface area (TPSA) is 62.6 Å². The van der Waals surface area contributed by atoms with Crippen LogP contribution in [0.15, 0.2) is 12.7 Å². The van der Waals surface area contributed by atoms with E-state index in [2.05, 4.69) is 12.6 Å². The van der Waals surface area contributed by atoms with Gasteiger partial charge in [0, 0.05) is 19.6 Å². The van der Waals surface area contributed by atoms with Crippen molar-refractivity contribution >= 4 is 5.91 Å². The van der Waals surface area contributed by atoms with E-state index in [4.69, 9.17) is 14.7 Å². The maximum Gasteiger partial charge on any atom is 0.223 e. The highest BCUT2D eigenvalue weighted by Gasteiger charge is 2.26. The summed E-state index contributed by atoms with van der Waals surface area (Å²) in [6.07, 6.45) is 2.76. The molecule has 1 aliphatic rings. The quantitative estimate of drug-likeness (QED) is 0.505. The van der Waals surface area contributed by atoms with Crippen LogP contribution in [0.5, 0.6) is 0 Å². The first kappa shape index (κ1) is 13.7. The van der Waals surface area contributed by atoms with Gasteiger partial charge >= 0.3 is 0 Å². The highest BCUT2D eigenvalue weighted by molar-refractivity contribution is 5.77. The summed E-state index contributed by atoms with van der Waals surface area (Å²) in [4.78, 5) is 13.4. The molecule has 1 rings (SSSR count). The Hall–Kier alpha value is -1.38. The molecule has 0 saturated carbocycles. The Morgan fingerprint density at radius 3 is 3.24 bits per heavy atom. The van der Waals surface area contributed by atoms with Crippen LogP contribution >= 0.6 is 0 Å². The van der Waals surface area contributed by atoms with Crippen LogP contribution in [0.2, 0.25) is 0 Å². The molecule has 0 N–H and O–H groups in total. The zero-order chi connectivity index (χ0) is 12.5. The van der Waals surface area contributed by atoms with Gasteiger partial charge in [0.05, 0.1) is 25.9 Å². The summed E-state index contributed by atoms with van der Waals surface area (Å²) in [5.74, 6) is 0.00190. The third-order valence-corrected chi connectivity index (χ3v) is 2.51. The summed E-state index contributed by atoms with van der Waals surface area (Å²) in [6, 6.07) is 1.64. The van der Waals surface area contributed by atoms with Crippen molar-refractivity contribution in [2.45, 2.75) is 18.9 Å². The Bertz CT molecular complexity index is 299. The Labute approximate surface area is 102 Å². The summed E-state index contributed by atoms with van der Waals surface area (Å²) in [7, 11) is 0. The molecule has 1 heterocycles. The van der Waals surface area contributed by atoms with Crippen LogP contribution in [-0.2, 0) is 14.3 Å². The van der Waals surface area contributed by atoms with Crippen LogP contribution in [0, 0.1) is 11.3 Å². The molecule has 0 bridgehead atoms. The van der Waals surface area contributed by atoms with Crippen molar-refractivity contribution in [2.75, 3.05) is 33.0 Å². The lowest BCUT2D eigenvalue weighted by atomic mass is 10.2. The fourth-order valence-electron chi connectivity index (χ4n) is 1.64. The largest absolute Gasteiger partial charge is 0.377 e. The smallest absolute Gasteiger partial charge is 0.223 e. The van der Waals surface area contributed by atoms with Gasteiger partial charge in [-0.25, -0.2) is 0 Å². The van der Waals surface area contributed by atoms with E-state index < -0.39 is 6.04 Å². The number of amides is 1. The third-order valence-electron chi connectivity index (χ3n) is 2.51. The molecule has 0 aromatic rings. The van der Waals surface area contributed by atoms with Gasteiger partial charge in [-0.05, 0) is 6.42 Å². The first-order valence-electron chi connectivity index (χ1n) is 5.75. The van der Waals surface area contributed by atoms with Gasteiger partial charge in [-0.3, -0.25) is 4.79 Å². The van der Waals surface area contributed by atoms with E-state index in [0.29, 0.717) is 45.8 Å².